The molecule has 1 spiro atoms. The molecule has 3 nitrogen and oxygen atoms in total. The van der Waals surface area contributed by atoms with E-state index in [0.717, 1.165) is 74.3 Å². The fourth-order valence-corrected chi connectivity index (χ4v) is 10.6. The molecule has 10 aromatic carbocycles. The summed E-state index contributed by atoms with van der Waals surface area (Å²) in [7, 11) is 0. The maximum absolute atomic E-state index is 6.68. The molecule has 11 aromatic rings. The molecule has 0 saturated heterocycles. The molecular weight excluding hydrogens is 777 g/mol. The number of anilines is 6. The standard InChI is InChI=1S/C61H42N2O/c1-4-16-42(17-5-1)47-22-10-12-27-55(47)63(57-28-15-24-51-49-23-11-13-29-58(49)64-60(51)57)46-33-30-41(31-34-46)43-32-35-48-50-36-37-56(62(44-18-6-2-7-19-44)45-20-8-3-9-21-45)52-25-14-26-53(59(50)52)61(38-39-61)54(48)40-43/h1-37,40H,38-39H2. The van der Waals surface area contributed by atoms with Gasteiger partial charge >= 0.3 is 0 Å². The lowest BCUT2D eigenvalue weighted by Crippen LogP contribution is -2.17. The maximum Gasteiger partial charge on any atom is 0.159 e. The van der Waals surface area contributed by atoms with E-state index in [1.807, 2.05) is 6.07 Å². The second-order valence-electron chi connectivity index (χ2n) is 17.2. The molecule has 2 aliphatic rings. The summed E-state index contributed by atoms with van der Waals surface area (Å²) in [4.78, 5) is 4.77. The lowest BCUT2D eigenvalue weighted by atomic mass is 9.73. The molecule has 0 radical (unpaired) electrons. The minimum Gasteiger partial charge on any atom is -0.454 e. The molecule has 2 aliphatic carbocycles. The highest BCUT2D eigenvalue weighted by Crippen LogP contribution is 2.62. The zero-order valence-electron chi connectivity index (χ0n) is 35.2. The highest BCUT2D eigenvalue weighted by Gasteiger charge is 2.50. The van der Waals surface area contributed by atoms with Crippen molar-refractivity contribution in [1.29, 1.82) is 0 Å². The molecule has 0 bridgehead atoms. The van der Waals surface area contributed by atoms with E-state index in [9.17, 15) is 0 Å². The molecule has 1 fully saturated rings. The summed E-state index contributed by atoms with van der Waals surface area (Å²) in [6.07, 6.45) is 2.30. The fraction of sp³-hybridized carbons (Fsp3) is 0.0492. The Labute approximate surface area is 372 Å². The Morgan fingerprint density at radius 3 is 1.70 bits per heavy atom. The summed E-state index contributed by atoms with van der Waals surface area (Å²) in [6.45, 7) is 0. The molecule has 3 heteroatoms. The van der Waals surface area contributed by atoms with Crippen molar-refractivity contribution in [2.24, 2.45) is 0 Å². The monoisotopic (exact) mass is 818 g/mol. The number of benzene rings is 10. The first kappa shape index (κ1) is 36.5. The third-order valence-electron chi connectivity index (χ3n) is 13.7. The molecule has 0 atom stereocenters. The van der Waals surface area contributed by atoms with Gasteiger partial charge in [-0.05, 0) is 124 Å². The van der Waals surface area contributed by atoms with Gasteiger partial charge < -0.3 is 14.2 Å². The van der Waals surface area contributed by atoms with E-state index in [-0.39, 0.29) is 5.41 Å². The number of hydrogen-bond acceptors (Lipinski definition) is 3. The molecule has 1 heterocycles. The first-order valence-corrected chi connectivity index (χ1v) is 22.3. The average molecular weight is 819 g/mol. The van der Waals surface area contributed by atoms with Crippen molar-refractivity contribution < 1.29 is 4.42 Å². The normalized spacial score (nSPS) is 13.3. The van der Waals surface area contributed by atoms with Gasteiger partial charge in [-0.3, -0.25) is 0 Å². The SMILES string of the molecule is c1ccc(-c2ccccc2N(c2ccc(-c3ccc4c(c3)C3(CC3)c3cccc5c(N(c6ccccc6)c6ccccc6)ccc-4c35)cc2)c2cccc3c2oc2ccccc23)cc1. The maximum atomic E-state index is 6.68. The van der Waals surface area contributed by atoms with Crippen LogP contribution in [0.3, 0.4) is 0 Å². The topological polar surface area (TPSA) is 19.6 Å². The summed E-state index contributed by atoms with van der Waals surface area (Å²) >= 11 is 0. The molecule has 13 rings (SSSR count). The van der Waals surface area contributed by atoms with Crippen LogP contribution in [0, 0.1) is 0 Å². The van der Waals surface area contributed by atoms with E-state index in [2.05, 4.69) is 234 Å². The fourth-order valence-electron chi connectivity index (χ4n) is 10.6. The molecule has 0 unspecified atom stereocenters. The van der Waals surface area contributed by atoms with Crippen LogP contribution in [-0.4, -0.2) is 0 Å². The minimum atomic E-state index is 0.00392. The number of para-hydroxylation sites is 5. The lowest BCUT2D eigenvalue weighted by Gasteiger charge is -2.32. The summed E-state index contributed by atoms with van der Waals surface area (Å²) < 4.78 is 6.68. The molecule has 0 aliphatic heterocycles. The van der Waals surface area contributed by atoms with Gasteiger partial charge in [-0.25, -0.2) is 0 Å². The van der Waals surface area contributed by atoms with Crippen molar-refractivity contribution in [3.63, 3.8) is 0 Å². The summed E-state index contributed by atoms with van der Waals surface area (Å²) in [5.41, 5.74) is 18.7. The number of nitrogens with zero attached hydrogens (tertiary/aromatic N) is 2. The zero-order chi connectivity index (χ0) is 42.2. The molecule has 1 aromatic heterocycles. The van der Waals surface area contributed by atoms with E-state index in [4.69, 9.17) is 4.42 Å². The Hall–Kier alpha value is -8.14. The first-order chi connectivity index (χ1) is 31.7. The second kappa shape index (κ2) is 14.5. The van der Waals surface area contributed by atoms with Crippen molar-refractivity contribution in [2.75, 3.05) is 9.80 Å². The molecule has 302 valence electrons. The van der Waals surface area contributed by atoms with Gasteiger partial charge in [0.2, 0.25) is 0 Å². The van der Waals surface area contributed by atoms with Crippen molar-refractivity contribution in [1.82, 2.24) is 0 Å². The second-order valence-corrected chi connectivity index (χ2v) is 17.2. The predicted octanol–water partition coefficient (Wildman–Crippen LogP) is 17.1. The third-order valence-corrected chi connectivity index (χ3v) is 13.7. The number of furan rings is 1. The number of rotatable bonds is 8. The van der Waals surface area contributed by atoms with Gasteiger partial charge in [0.25, 0.3) is 0 Å². The highest BCUT2D eigenvalue weighted by molar-refractivity contribution is 6.12. The Morgan fingerprint density at radius 1 is 0.344 bits per heavy atom. The van der Waals surface area contributed by atoms with Gasteiger partial charge in [0.15, 0.2) is 5.58 Å². The average Bonchev–Trinajstić information content (AvgIpc) is 4.08. The van der Waals surface area contributed by atoms with E-state index in [0.29, 0.717) is 0 Å². The molecular formula is C61H42N2O. The summed E-state index contributed by atoms with van der Waals surface area (Å²) in [6, 6.07) is 83.7. The van der Waals surface area contributed by atoms with Crippen LogP contribution in [-0.2, 0) is 5.41 Å². The van der Waals surface area contributed by atoms with Crippen LogP contribution in [0.5, 0.6) is 0 Å². The summed E-state index contributed by atoms with van der Waals surface area (Å²) in [5.74, 6) is 0. The van der Waals surface area contributed by atoms with E-state index in [1.54, 1.807) is 0 Å². The Morgan fingerprint density at radius 2 is 0.938 bits per heavy atom. The van der Waals surface area contributed by atoms with Crippen LogP contribution < -0.4 is 9.80 Å². The smallest absolute Gasteiger partial charge is 0.159 e. The van der Waals surface area contributed by atoms with Gasteiger partial charge in [0.1, 0.15) is 5.58 Å². The Balaban J connectivity index is 0.926. The summed E-state index contributed by atoms with van der Waals surface area (Å²) in [5, 5.41) is 4.89. The zero-order valence-corrected chi connectivity index (χ0v) is 35.2. The van der Waals surface area contributed by atoms with Crippen LogP contribution in [0.4, 0.5) is 34.1 Å². The molecule has 0 amide bonds. The number of hydrogen-bond donors (Lipinski definition) is 0. The third kappa shape index (κ3) is 5.67. The minimum absolute atomic E-state index is 0.00392. The van der Waals surface area contributed by atoms with Gasteiger partial charge in [-0.2, -0.15) is 0 Å². The van der Waals surface area contributed by atoms with E-state index >= 15 is 0 Å². The lowest BCUT2D eigenvalue weighted by molar-refractivity contribution is 0.669. The Kier molecular flexibility index (Phi) is 8.26. The molecule has 0 N–H and O–H groups in total. The largest absolute Gasteiger partial charge is 0.454 e. The Bertz CT molecular complexity index is 3510. The van der Waals surface area contributed by atoms with Crippen molar-refractivity contribution >= 4 is 66.8 Å². The van der Waals surface area contributed by atoms with Gasteiger partial charge in [-0.15, -0.1) is 0 Å². The van der Waals surface area contributed by atoms with Crippen molar-refractivity contribution in [2.45, 2.75) is 18.3 Å². The highest BCUT2D eigenvalue weighted by atomic mass is 16.3. The quantitative estimate of drug-likeness (QED) is 0.152. The van der Waals surface area contributed by atoms with Crippen LogP contribution >= 0.6 is 0 Å². The van der Waals surface area contributed by atoms with Crippen LogP contribution in [0.15, 0.2) is 235 Å². The number of fused-ring (bicyclic) bond motifs is 7. The van der Waals surface area contributed by atoms with Crippen LogP contribution in [0.1, 0.15) is 24.0 Å². The molecule has 64 heavy (non-hydrogen) atoms. The van der Waals surface area contributed by atoms with Gasteiger partial charge in [-0.1, -0.05) is 164 Å². The predicted molar refractivity (Wildman–Crippen MR) is 267 cm³/mol. The van der Waals surface area contributed by atoms with Crippen molar-refractivity contribution in [3.8, 4) is 33.4 Å². The van der Waals surface area contributed by atoms with E-state index < -0.39 is 0 Å². The van der Waals surface area contributed by atoms with E-state index in [1.165, 1.54) is 49.8 Å². The van der Waals surface area contributed by atoms with Crippen LogP contribution in [0.2, 0.25) is 0 Å². The first-order valence-electron chi connectivity index (χ1n) is 22.3. The van der Waals surface area contributed by atoms with Crippen molar-refractivity contribution in [3.05, 3.63) is 242 Å². The van der Waals surface area contributed by atoms with Gasteiger partial charge in [0.05, 0.1) is 17.1 Å². The van der Waals surface area contributed by atoms with Gasteiger partial charge in [0, 0.05) is 44.2 Å². The molecule has 1 saturated carbocycles. The van der Waals surface area contributed by atoms with Crippen LogP contribution in [0.25, 0.3) is 66.1 Å².